The van der Waals surface area contributed by atoms with Gasteiger partial charge in [0.05, 0.1) is 12.3 Å². The van der Waals surface area contributed by atoms with Crippen LogP contribution in [-0.4, -0.2) is 71.0 Å². The topological polar surface area (TPSA) is 73.3 Å². The average molecular weight is 461 g/mol. The van der Waals surface area contributed by atoms with Crippen LogP contribution in [0.25, 0.3) is 0 Å². The maximum atomic E-state index is 12.6. The summed E-state index contributed by atoms with van der Waals surface area (Å²) in [4.78, 5) is 41.3. The number of piperazine rings is 1. The van der Waals surface area contributed by atoms with E-state index in [2.05, 4.69) is 17.2 Å². The number of nitrogens with zero attached hydrogens (tertiary/aromatic N) is 4. The molecule has 0 atom stereocenters. The van der Waals surface area contributed by atoms with E-state index in [1.54, 1.807) is 4.90 Å². The second-order valence-electron chi connectivity index (χ2n) is 8.78. The van der Waals surface area contributed by atoms with Crippen molar-refractivity contribution in [3.8, 4) is 0 Å². The zero-order valence-electron chi connectivity index (χ0n) is 19.6. The van der Waals surface area contributed by atoms with Crippen LogP contribution < -0.4 is 0 Å². The fourth-order valence-electron chi connectivity index (χ4n) is 4.42. The van der Waals surface area contributed by atoms with Crippen LogP contribution in [0.5, 0.6) is 0 Å². The van der Waals surface area contributed by atoms with Gasteiger partial charge < -0.3 is 9.80 Å². The van der Waals surface area contributed by atoms with Crippen molar-refractivity contribution in [3.63, 3.8) is 0 Å². The van der Waals surface area contributed by atoms with Gasteiger partial charge in [0, 0.05) is 51.9 Å². The van der Waals surface area contributed by atoms with E-state index < -0.39 is 0 Å². The SMILES string of the molecule is O=C(CCCc1ccccc1)N1CCN(C(=O)CCC(=O)N2CCC(c3ccccc3)=N2)CC1. The molecular formula is C27H32N4O3. The van der Waals surface area contributed by atoms with Gasteiger partial charge in [0.25, 0.3) is 0 Å². The molecule has 4 rings (SSSR count). The van der Waals surface area contributed by atoms with Crippen LogP contribution in [0, 0.1) is 0 Å². The molecule has 0 aliphatic carbocycles. The Morgan fingerprint density at radius 2 is 1.24 bits per heavy atom. The average Bonchev–Trinajstić information content (AvgIpc) is 3.39. The van der Waals surface area contributed by atoms with Gasteiger partial charge in [-0.15, -0.1) is 0 Å². The van der Waals surface area contributed by atoms with Gasteiger partial charge in [0.2, 0.25) is 17.7 Å². The van der Waals surface area contributed by atoms with E-state index in [-0.39, 0.29) is 30.6 Å². The molecule has 178 valence electrons. The number of aryl methyl sites for hydroxylation is 1. The van der Waals surface area contributed by atoms with Crippen LogP contribution in [0.4, 0.5) is 0 Å². The van der Waals surface area contributed by atoms with Crippen molar-refractivity contribution < 1.29 is 14.4 Å². The van der Waals surface area contributed by atoms with Crippen LogP contribution in [0.3, 0.4) is 0 Å². The summed E-state index contributed by atoms with van der Waals surface area (Å²) >= 11 is 0. The van der Waals surface area contributed by atoms with Crippen molar-refractivity contribution in [3.05, 3.63) is 71.8 Å². The van der Waals surface area contributed by atoms with Crippen LogP contribution in [0.2, 0.25) is 0 Å². The van der Waals surface area contributed by atoms with Gasteiger partial charge in [-0.2, -0.15) is 5.10 Å². The summed E-state index contributed by atoms with van der Waals surface area (Å²) in [6, 6.07) is 20.0. The van der Waals surface area contributed by atoms with Gasteiger partial charge in [-0.25, -0.2) is 5.01 Å². The summed E-state index contributed by atoms with van der Waals surface area (Å²) in [6.45, 7) is 2.72. The Bertz CT molecular complexity index is 1010. The normalized spacial score (nSPS) is 15.9. The van der Waals surface area contributed by atoms with E-state index >= 15 is 0 Å². The molecule has 1 fully saturated rings. The molecule has 34 heavy (non-hydrogen) atoms. The summed E-state index contributed by atoms with van der Waals surface area (Å²) in [6.07, 6.45) is 3.31. The van der Waals surface area contributed by atoms with Gasteiger partial charge >= 0.3 is 0 Å². The lowest BCUT2D eigenvalue weighted by atomic mass is 10.1. The monoisotopic (exact) mass is 460 g/mol. The lowest BCUT2D eigenvalue weighted by Crippen LogP contribution is -2.50. The number of benzene rings is 2. The fourth-order valence-corrected chi connectivity index (χ4v) is 4.42. The van der Waals surface area contributed by atoms with Crippen molar-refractivity contribution >= 4 is 23.4 Å². The highest BCUT2D eigenvalue weighted by atomic mass is 16.2. The Balaban J connectivity index is 1.15. The molecule has 2 aromatic carbocycles. The molecule has 0 aromatic heterocycles. The maximum Gasteiger partial charge on any atom is 0.243 e. The Morgan fingerprint density at radius 1 is 0.676 bits per heavy atom. The molecule has 0 bridgehead atoms. The first-order valence-corrected chi connectivity index (χ1v) is 12.1. The van der Waals surface area contributed by atoms with Crippen molar-refractivity contribution in [2.75, 3.05) is 32.7 Å². The van der Waals surface area contributed by atoms with Gasteiger partial charge in [0.15, 0.2) is 0 Å². The molecule has 0 unspecified atom stereocenters. The lowest BCUT2D eigenvalue weighted by molar-refractivity contribution is -0.141. The molecule has 2 heterocycles. The minimum atomic E-state index is -0.119. The Labute approximate surface area is 201 Å². The molecule has 7 nitrogen and oxygen atoms in total. The number of carbonyl (C=O) groups is 3. The van der Waals surface area contributed by atoms with Crippen molar-refractivity contribution in [1.82, 2.24) is 14.8 Å². The molecule has 2 aromatic rings. The van der Waals surface area contributed by atoms with Crippen molar-refractivity contribution in [2.45, 2.75) is 38.5 Å². The Morgan fingerprint density at radius 3 is 1.88 bits per heavy atom. The smallest absolute Gasteiger partial charge is 0.243 e. The molecule has 2 aliphatic heterocycles. The van der Waals surface area contributed by atoms with Gasteiger partial charge in [-0.05, 0) is 24.0 Å². The van der Waals surface area contributed by atoms with E-state index in [4.69, 9.17) is 0 Å². The van der Waals surface area contributed by atoms with Gasteiger partial charge in [-0.3, -0.25) is 14.4 Å². The molecule has 3 amide bonds. The zero-order valence-corrected chi connectivity index (χ0v) is 19.6. The van der Waals surface area contributed by atoms with Gasteiger partial charge in [0.1, 0.15) is 0 Å². The highest BCUT2D eigenvalue weighted by Gasteiger charge is 2.26. The largest absolute Gasteiger partial charge is 0.339 e. The molecule has 1 saturated heterocycles. The Hall–Kier alpha value is -3.48. The predicted molar refractivity (Wildman–Crippen MR) is 131 cm³/mol. The summed E-state index contributed by atoms with van der Waals surface area (Å²) in [5.41, 5.74) is 3.18. The standard InChI is InChI=1S/C27H32N4O3/c32-25(13-7-10-22-8-3-1-4-9-22)29-18-20-30(21-19-29)26(33)14-15-27(34)31-17-16-24(28-31)23-11-5-2-6-12-23/h1-6,8-9,11-12H,7,10,13-21H2. The van der Waals surface area contributed by atoms with E-state index in [1.807, 2.05) is 53.4 Å². The maximum absolute atomic E-state index is 12.6. The summed E-state index contributed by atoms with van der Waals surface area (Å²) in [5.74, 6) is 0.00169. The number of hydrogen-bond acceptors (Lipinski definition) is 4. The van der Waals surface area contributed by atoms with Crippen LogP contribution in [0.15, 0.2) is 65.8 Å². The molecule has 0 saturated carbocycles. The molecular weight excluding hydrogens is 428 g/mol. The van der Waals surface area contributed by atoms with E-state index in [0.29, 0.717) is 39.1 Å². The highest BCUT2D eigenvalue weighted by Crippen LogP contribution is 2.16. The number of hydrazone groups is 1. The quantitative estimate of drug-likeness (QED) is 0.608. The summed E-state index contributed by atoms with van der Waals surface area (Å²) < 4.78 is 0. The number of hydrogen-bond donors (Lipinski definition) is 0. The first-order valence-electron chi connectivity index (χ1n) is 12.1. The lowest BCUT2D eigenvalue weighted by Gasteiger charge is -2.35. The Kier molecular flexibility index (Phi) is 8.07. The minimum absolute atomic E-state index is 0.0315. The summed E-state index contributed by atoms with van der Waals surface area (Å²) in [5, 5.41) is 5.94. The van der Waals surface area contributed by atoms with Crippen molar-refractivity contribution in [1.29, 1.82) is 0 Å². The third-order valence-electron chi connectivity index (χ3n) is 6.43. The highest BCUT2D eigenvalue weighted by molar-refractivity contribution is 6.02. The third-order valence-corrected chi connectivity index (χ3v) is 6.43. The summed E-state index contributed by atoms with van der Waals surface area (Å²) in [7, 11) is 0. The predicted octanol–water partition coefficient (Wildman–Crippen LogP) is 3.10. The second-order valence-corrected chi connectivity index (χ2v) is 8.78. The van der Waals surface area contributed by atoms with Crippen LogP contribution in [0.1, 0.15) is 43.2 Å². The van der Waals surface area contributed by atoms with Crippen molar-refractivity contribution in [2.24, 2.45) is 5.10 Å². The number of rotatable bonds is 8. The van der Waals surface area contributed by atoms with Crippen LogP contribution in [-0.2, 0) is 20.8 Å². The molecule has 0 radical (unpaired) electrons. The molecule has 7 heteroatoms. The molecule has 0 N–H and O–H groups in total. The van der Waals surface area contributed by atoms with E-state index in [0.717, 1.165) is 30.5 Å². The molecule has 2 aliphatic rings. The number of amides is 3. The second kappa shape index (κ2) is 11.6. The zero-order chi connectivity index (χ0) is 23.8. The molecule has 0 spiro atoms. The van der Waals surface area contributed by atoms with E-state index in [9.17, 15) is 14.4 Å². The number of carbonyl (C=O) groups excluding carboxylic acids is 3. The minimum Gasteiger partial charge on any atom is -0.339 e. The van der Waals surface area contributed by atoms with Crippen LogP contribution >= 0.6 is 0 Å². The first-order chi connectivity index (χ1) is 16.6. The third kappa shape index (κ3) is 6.31. The fraction of sp³-hybridized carbons (Fsp3) is 0.407. The van der Waals surface area contributed by atoms with Gasteiger partial charge in [-0.1, -0.05) is 60.7 Å². The van der Waals surface area contributed by atoms with E-state index in [1.165, 1.54) is 10.6 Å². The first kappa shape index (κ1) is 23.7.